The van der Waals surface area contributed by atoms with E-state index in [0.717, 1.165) is 0 Å². The van der Waals surface area contributed by atoms with Gasteiger partial charge in [-0.1, -0.05) is 11.6 Å². The van der Waals surface area contributed by atoms with E-state index in [0.29, 0.717) is 13.0 Å². The molecule has 1 aromatic rings. The topological polar surface area (TPSA) is 51.5 Å². The Labute approximate surface area is 123 Å². The van der Waals surface area contributed by atoms with Crippen LogP contribution in [0, 0.1) is 0 Å². The number of halogens is 2. The van der Waals surface area contributed by atoms with Gasteiger partial charge in [-0.3, -0.25) is 14.2 Å². The fourth-order valence-corrected chi connectivity index (χ4v) is 4.17. The van der Waals surface area contributed by atoms with Gasteiger partial charge in [0, 0.05) is 12.5 Å². The van der Waals surface area contributed by atoms with Gasteiger partial charge < -0.3 is 4.74 Å². The number of hydrogen-bond donors (Lipinski definition) is 0. The number of hydrogen-bond acceptors (Lipinski definition) is 3. The number of amides is 1. The van der Waals surface area contributed by atoms with Crippen LogP contribution in [0.25, 0.3) is 0 Å². The van der Waals surface area contributed by atoms with Crippen LogP contribution in [-0.2, 0) is 10.4 Å². The van der Waals surface area contributed by atoms with Crippen molar-refractivity contribution < 1.29 is 9.53 Å². The minimum atomic E-state index is -0.874. The Morgan fingerprint density at radius 2 is 2.05 bits per heavy atom. The summed E-state index contributed by atoms with van der Waals surface area (Å²) in [4.78, 5) is 24.7. The number of fused-ring (bicyclic) bond motifs is 2. The molecule has 0 aliphatic carbocycles. The molecule has 3 rings (SSSR count). The highest BCUT2D eigenvalue weighted by Gasteiger charge is 2.62. The Morgan fingerprint density at radius 1 is 1.37 bits per heavy atom. The highest BCUT2D eigenvalue weighted by atomic mass is 79.9. The number of carbonyl (C=O) groups excluding carboxylic acids is 1. The van der Waals surface area contributed by atoms with E-state index >= 15 is 0 Å². The summed E-state index contributed by atoms with van der Waals surface area (Å²) in [5, 5.41) is 0.272. The van der Waals surface area contributed by atoms with E-state index in [1.165, 1.54) is 20.6 Å². The van der Waals surface area contributed by atoms with Gasteiger partial charge in [-0.25, -0.2) is 3.93 Å². The van der Waals surface area contributed by atoms with Crippen molar-refractivity contribution in [1.82, 2.24) is 8.49 Å². The van der Waals surface area contributed by atoms with Crippen LogP contribution < -0.4 is 5.56 Å². The third-order valence-corrected chi connectivity index (χ3v) is 5.21. The second-order valence-electron chi connectivity index (χ2n) is 5.21. The monoisotopic (exact) mass is 346 g/mol. The molecule has 1 unspecified atom stereocenters. The first-order valence-electron chi connectivity index (χ1n) is 5.89. The summed E-state index contributed by atoms with van der Waals surface area (Å²) in [6.45, 7) is 4.20. The van der Waals surface area contributed by atoms with Crippen LogP contribution >= 0.6 is 27.7 Å². The molecule has 1 saturated heterocycles. The van der Waals surface area contributed by atoms with E-state index in [2.05, 4.69) is 16.1 Å². The molecular formula is C12H12BrClN2O3. The third-order valence-electron chi connectivity index (χ3n) is 4.00. The number of pyridine rings is 1. The highest BCUT2D eigenvalue weighted by Crippen LogP contribution is 2.50. The Hall–Kier alpha value is -0.850. The zero-order valence-corrected chi connectivity index (χ0v) is 12.8. The van der Waals surface area contributed by atoms with Gasteiger partial charge in [0.25, 0.3) is 11.5 Å². The highest BCUT2D eigenvalue weighted by molar-refractivity contribution is 9.07. The summed E-state index contributed by atoms with van der Waals surface area (Å²) in [5.41, 5.74) is -1.61. The van der Waals surface area contributed by atoms with Crippen molar-refractivity contribution in [2.45, 2.75) is 31.5 Å². The predicted octanol–water partition coefficient (Wildman–Crippen LogP) is 2.12. The molecule has 5 nitrogen and oxygen atoms in total. The average Bonchev–Trinajstić information content (AvgIpc) is 2.77. The minimum Gasteiger partial charge on any atom is -0.371 e. The Bertz CT molecular complexity index is 642. The van der Waals surface area contributed by atoms with Crippen LogP contribution in [0.5, 0.6) is 0 Å². The Kier molecular flexibility index (Phi) is 2.65. The SMILES string of the molecule is CC1(C)OCCC12N(Br)C(=O)c1c(Cl)ccc(=O)n12. The maximum Gasteiger partial charge on any atom is 0.284 e. The first-order chi connectivity index (χ1) is 8.83. The van der Waals surface area contributed by atoms with Crippen LogP contribution in [0.2, 0.25) is 5.02 Å². The molecule has 0 saturated carbocycles. The molecule has 0 N–H and O–H groups in total. The van der Waals surface area contributed by atoms with Crippen LogP contribution in [0.3, 0.4) is 0 Å². The van der Waals surface area contributed by atoms with Crippen molar-refractivity contribution in [3.05, 3.63) is 33.2 Å². The molecule has 3 heterocycles. The summed E-state index contributed by atoms with van der Waals surface area (Å²) in [7, 11) is 0. The molecule has 0 radical (unpaired) electrons. The number of carbonyl (C=O) groups is 1. The van der Waals surface area contributed by atoms with Crippen molar-refractivity contribution in [2.75, 3.05) is 6.61 Å². The minimum absolute atomic E-state index is 0.213. The average molecular weight is 348 g/mol. The normalized spacial score (nSPS) is 28.2. The number of rotatable bonds is 0. The zero-order chi connectivity index (χ0) is 14.0. The van der Waals surface area contributed by atoms with Crippen molar-refractivity contribution in [3.8, 4) is 0 Å². The first kappa shape index (κ1) is 13.1. The van der Waals surface area contributed by atoms with E-state index in [9.17, 15) is 9.59 Å². The Balaban J connectivity index is 2.41. The lowest BCUT2D eigenvalue weighted by Gasteiger charge is -2.41. The predicted molar refractivity (Wildman–Crippen MR) is 73.4 cm³/mol. The van der Waals surface area contributed by atoms with Crippen LogP contribution in [0.1, 0.15) is 30.8 Å². The fourth-order valence-electron chi connectivity index (χ4n) is 3.01. The summed E-state index contributed by atoms with van der Waals surface area (Å²) >= 11 is 9.39. The van der Waals surface area contributed by atoms with Gasteiger partial charge >= 0.3 is 0 Å². The lowest BCUT2D eigenvalue weighted by Crippen LogP contribution is -2.56. The summed E-state index contributed by atoms with van der Waals surface area (Å²) in [6, 6.07) is 2.83. The molecule has 7 heteroatoms. The van der Waals surface area contributed by atoms with Gasteiger partial charge in [0.2, 0.25) is 0 Å². The molecular weight excluding hydrogens is 336 g/mol. The summed E-state index contributed by atoms with van der Waals surface area (Å²) < 4.78 is 8.58. The van der Waals surface area contributed by atoms with Gasteiger partial charge in [-0.05, 0) is 19.9 Å². The lowest BCUT2D eigenvalue weighted by atomic mass is 9.91. The van der Waals surface area contributed by atoms with E-state index in [-0.39, 0.29) is 22.2 Å². The third kappa shape index (κ3) is 1.39. The van der Waals surface area contributed by atoms with E-state index in [4.69, 9.17) is 16.3 Å². The lowest BCUT2D eigenvalue weighted by molar-refractivity contribution is -0.0555. The van der Waals surface area contributed by atoms with E-state index in [1.54, 1.807) is 0 Å². The van der Waals surface area contributed by atoms with Gasteiger partial charge in [-0.15, -0.1) is 0 Å². The van der Waals surface area contributed by atoms with Gasteiger partial charge in [-0.2, -0.15) is 0 Å². The van der Waals surface area contributed by atoms with Gasteiger partial charge in [0.15, 0.2) is 5.66 Å². The molecule has 1 atom stereocenters. The molecule has 1 spiro atoms. The van der Waals surface area contributed by atoms with Gasteiger partial charge in [0.1, 0.15) is 11.3 Å². The van der Waals surface area contributed by atoms with Crippen molar-refractivity contribution in [2.24, 2.45) is 0 Å². The maximum absolute atomic E-state index is 12.4. The van der Waals surface area contributed by atoms with Gasteiger partial charge in [0.05, 0.1) is 27.8 Å². The zero-order valence-electron chi connectivity index (χ0n) is 10.4. The van der Waals surface area contributed by atoms with E-state index < -0.39 is 11.3 Å². The molecule has 0 bridgehead atoms. The summed E-state index contributed by atoms with van der Waals surface area (Å²) in [5.74, 6) is -0.318. The molecule has 2 aliphatic heterocycles. The van der Waals surface area contributed by atoms with Crippen molar-refractivity contribution >= 4 is 33.7 Å². The fraction of sp³-hybridized carbons (Fsp3) is 0.500. The largest absolute Gasteiger partial charge is 0.371 e. The molecule has 19 heavy (non-hydrogen) atoms. The Morgan fingerprint density at radius 3 is 2.63 bits per heavy atom. The molecule has 1 fully saturated rings. The van der Waals surface area contributed by atoms with E-state index in [1.807, 2.05) is 13.8 Å². The molecule has 1 amide bonds. The smallest absolute Gasteiger partial charge is 0.284 e. The number of ether oxygens (including phenoxy) is 1. The van der Waals surface area contributed by atoms with Crippen LogP contribution in [-0.4, -0.2) is 26.6 Å². The molecule has 1 aromatic heterocycles. The first-order valence-corrected chi connectivity index (χ1v) is 6.98. The van der Waals surface area contributed by atoms with Crippen molar-refractivity contribution in [3.63, 3.8) is 0 Å². The molecule has 102 valence electrons. The number of aromatic nitrogens is 1. The second kappa shape index (κ2) is 3.84. The van der Waals surface area contributed by atoms with Crippen LogP contribution in [0.4, 0.5) is 0 Å². The standard InChI is InChI=1S/C12H12BrClN2O3/c1-11(2)12(5-6-19-11)15-8(17)4-3-7(14)9(15)10(18)16(12)13/h3-4H,5-6H2,1-2H3. The van der Waals surface area contributed by atoms with Crippen molar-refractivity contribution in [1.29, 1.82) is 0 Å². The quantitative estimate of drug-likeness (QED) is 0.676. The molecule has 2 aliphatic rings. The number of nitrogens with zero attached hydrogens (tertiary/aromatic N) is 2. The van der Waals surface area contributed by atoms with Crippen LogP contribution in [0.15, 0.2) is 16.9 Å². The second-order valence-corrected chi connectivity index (χ2v) is 6.33. The molecule has 0 aromatic carbocycles. The maximum atomic E-state index is 12.4. The summed E-state index contributed by atoms with van der Waals surface area (Å²) in [6.07, 6.45) is 0.532.